The van der Waals surface area contributed by atoms with Crippen LogP contribution in [0.4, 0.5) is 4.39 Å². The minimum absolute atomic E-state index is 0.0897. The molecule has 5 nitrogen and oxygen atoms in total. The van der Waals surface area contributed by atoms with Crippen LogP contribution in [0.25, 0.3) is 5.69 Å². The molecule has 0 saturated carbocycles. The van der Waals surface area contributed by atoms with Gasteiger partial charge < -0.3 is 10.2 Å². The number of aryl methyl sites for hydroxylation is 2. The Balaban J connectivity index is 1.57. The number of carbonyl (C=O) groups is 1. The molecule has 2 aliphatic rings. The number of hydrogen-bond donors (Lipinski definition) is 1. The van der Waals surface area contributed by atoms with Gasteiger partial charge in [0.1, 0.15) is 11.5 Å². The predicted molar refractivity (Wildman–Crippen MR) is 93.5 cm³/mol. The fourth-order valence-corrected chi connectivity index (χ4v) is 3.99. The van der Waals surface area contributed by atoms with Crippen molar-refractivity contribution >= 4 is 5.91 Å². The SMILES string of the molecule is Cc1cc(C)n(-c2ccc(C(=O)N3CCC4CCC(C3)N4)cc2F)n1. The van der Waals surface area contributed by atoms with E-state index in [0.29, 0.717) is 29.9 Å². The summed E-state index contributed by atoms with van der Waals surface area (Å²) < 4.78 is 16.2. The average Bonchev–Trinajstić information content (AvgIpc) is 3.07. The Morgan fingerprint density at radius 2 is 2.00 bits per heavy atom. The minimum Gasteiger partial charge on any atom is -0.337 e. The van der Waals surface area contributed by atoms with E-state index < -0.39 is 5.82 Å². The number of halogens is 1. The number of nitrogens with one attached hydrogen (secondary N) is 1. The van der Waals surface area contributed by atoms with Gasteiger partial charge in [0.15, 0.2) is 0 Å². The third-order valence-electron chi connectivity index (χ3n) is 5.24. The zero-order valence-corrected chi connectivity index (χ0v) is 14.6. The second-order valence-electron chi connectivity index (χ2n) is 7.18. The molecule has 0 aliphatic carbocycles. The van der Waals surface area contributed by atoms with Crippen LogP contribution < -0.4 is 5.32 Å². The first-order chi connectivity index (χ1) is 12.0. The van der Waals surface area contributed by atoms with Crippen LogP contribution >= 0.6 is 0 Å². The number of benzene rings is 1. The molecule has 3 heterocycles. The van der Waals surface area contributed by atoms with Crippen molar-refractivity contribution < 1.29 is 9.18 Å². The highest BCUT2D eigenvalue weighted by Crippen LogP contribution is 2.23. The van der Waals surface area contributed by atoms with E-state index in [1.807, 2.05) is 24.8 Å². The summed E-state index contributed by atoms with van der Waals surface area (Å²) in [4.78, 5) is 14.7. The molecule has 2 bridgehead atoms. The first kappa shape index (κ1) is 16.3. The van der Waals surface area contributed by atoms with Gasteiger partial charge in [0.2, 0.25) is 0 Å². The highest BCUT2D eigenvalue weighted by molar-refractivity contribution is 5.94. The molecule has 0 spiro atoms. The maximum atomic E-state index is 14.6. The van der Waals surface area contributed by atoms with Gasteiger partial charge in [-0.05, 0) is 57.4 Å². The zero-order valence-electron chi connectivity index (χ0n) is 14.6. The molecular formula is C19H23FN4O. The Hall–Kier alpha value is -2.21. The monoisotopic (exact) mass is 342 g/mol. The smallest absolute Gasteiger partial charge is 0.254 e. The van der Waals surface area contributed by atoms with Crippen LogP contribution in [0.1, 0.15) is 41.0 Å². The average molecular weight is 342 g/mol. The number of carbonyl (C=O) groups excluding carboxylic acids is 1. The number of rotatable bonds is 2. The topological polar surface area (TPSA) is 50.2 Å². The van der Waals surface area contributed by atoms with Crippen molar-refractivity contribution in [3.05, 3.63) is 47.0 Å². The van der Waals surface area contributed by atoms with E-state index in [1.165, 1.54) is 12.5 Å². The quantitative estimate of drug-likeness (QED) is 0.913. The summed E-state index contributed by atoms with van der Waals surface area (Å²) in [5.41, 5.74) is 2.48. The van der Waals surface area contributed by atoms with Gasteiger partial charge in [-0.15, -0.1) is 0 Å². The Morgan fingerprint density at radius 3 is 2.72 bits per heavy atom. The van der Waals surface area contributed by atoms with Crippen molar-refractivity contribution in [2.24, 2.45) is 0 Å². The molecule has 2 aromatic rings. The minimum atomic E-state index is -0.425. The number of amides is 1. The molecule has 2 saturated heterocycles. The van der Waals surface area contributed by atoms with Crippen molar-refractivity contribution in [1.82, 2.24) is 20.0 Å². The van der Waals surface area contributed by atoms with Gasteiger partial charge in [0, 0.05) is 36.4 Å². The van der Waals surface area contributed by atoms with Crippen molar-refractivity contribution in [2.45, 2.75) is 45.2 Å². The summed E-state index contributed by atoms with van der Waals surface area (Å²) in [5, 5.41) is 7.88. The van der Waals surface area contributed by atoms with Crippen LogP contribution in [0, 0.1) is 19.7 Å². The van der Waals surface area contributed by atoms with Gasteiger partial charge in [-0.1, -0.05) is 0 Å². The molecule has 1 aromatic heterocycles. The highest BCUT2D eigenvalue weighted by Gasteiger charge is 2.31. The summed E-state index contributed by atoms with van der Waals surface area (Å²) >= 11 is 0. The van der Waals surface area contributed by atoms with Crippen LogP contribution in [0.5, 0.6) is 0 Å². The van der Waals surface area contributed by atoms with Crippen molar-refractivity contribution in [2.75, 3.05) is 13.1 Å². The van der Waals surface area contributed by atoms with E-state index in [4.69, 9.17) is 0 Å². The summed E-state index contributed by atoms with van der Waals surface area (Å²) in [7, 11) is 0. The first-order valence-corrected chi connectivity index (χ1v) is 8.90. The standard InChI is InChI=1S/C19H23FN4O/c1-12-9-13(2)24(22-12)18-6-3-14(10-17(18)20)19(25)23-8-7-15-4-5-16(11-23)21-15/h3,6,9-10,15-16,21H,4-5,7-8,11H2,1-2H3. The molecule has 2 fully saturated rings. The van der Waals surface area contributed by atoms with Gasteiger partial charge in [-0.2, -0.15) is 5.10 Å². The second-order valence-corrected chi connectivity index (χ2v) is 7.18. The Kier molecular flexibility index (Phi) is 4.07. The van der Waals surface area contributed by atoms with Crippen LogP contribution in [-0.4, -0.2) is 45.8 Å². The third kappa shape index (κ3) is 3.06. The molecule has 2 atom stereocenters. The number of nitrogens with zero attached hydrogens (tertiary/aromatic N) is 3. The van der Waals surface area contributed by atoms with E-state index in [-0.39, 0.29) is 5.91 Å². The summed E-state index contributed by atoms with van der Waals surface area (Å²) in [5.74, 6) is -0.514. The lowest BCUT2D eigenvalue weighted by Crippen LogP contribution is -2.39. The molecule has 25 heavy (non-hydrogen) atoms. The fourth-order valence-electron chi connectivity index (χ4n) is 3.99. The first-order valence-electron chi connectivity index (χ1n) is 8.90. The predicted octanol–water partition coefficient (Wildman–Crippen LogP) is 2.59. The van der Waals surface area contributed by atoms with Gasteiger partial charge in [-0.25, -0.2) is 9.07 Å². The second kappa shape index (κ2) is 6.26. The number of hydrogen-bond acceptors (Lipinski definition) is 3. The number of fused-ring (bicyclic) bond motifs is 2. The Labute approximate surface area is 146 Å². The van der Waals surface area contributed by atoms with Crippen LogP contribution in [0.3, 0.4) is 0 Å². The van der Waals surface area contributed by atoms with E-state index in [9.17, 15) is 9.18 Å². The Morgan fingerprint density at radius 1 is 1.20 bits per heavy atom. The largest absolute Gasteiger partial charge is 0.337 e. The lowest BCUT2D eigenvalue weighted by molar-refractivity contribution is 0.0747. The lowest BCUT2D eigenvalue weighted by Gasteiger charge is -2.24. The van der Waals surface area contributed by atoms with E-state index in [2.05, 4.69) is 10.4 Å². The fraction of sp³-hybridized carbons (Fsp3) is 0.474. The maximum absolute atomic E-state index is 14.6. The van der Waals surface area contributed by atoms with Crippen LogP contribution in [0.2, 0.25) is 0 Å². The summed E-state index contributed by atoms with van der Waals surface area (Å²) in [6.07, 6.45) is 3.27. The van der Waals surface area contributed by atoms with Crippen molar-refractivity contribution in [3.8, 4) is 5.69 Å². The molecule has 4 rings (SSSR count). The summed E-state index contributed by atoms with van der Waals surface area (Å²) in [6.45, 7) is 5.20. The maximum Gasteiger partial charge on any atom is 0.254 e. The van der Waals surface area contributed by atoms with E-state index >= 15 is 0 Å². The zero-order chi connectivity index (χ0) is 17.6. The van der Waals surface area contributed by atoms with Gasteiger partial charge in [0.25, 0.3) is 5.91 Å². The normalized spacial score (nSPS) is 22.9. The van der Waals surface area contributed by atoms with Crippen molar-refractivity contribution in [1.29, 1.82) is 0 Å². The number of aromatic nitrogens is 2. The van der Waals surface area contributed by atoms with E-state index in [1.54, 1.807) is 16.8 Å². The van der Waals surface area contributed by atoms with Crippen LogP contribution in [0.15, 0.2) is 24.3 Å². The van der Waals surface area contributed by atoms with Crippen molar-refractivity contribution in [3.63, 3.8) is 0 Å². The molecule has 6 heteroatoms. The highest BCUT2D eigenvalue weighted by atomic mass is 19.1. The van der Waals surface area contributed by atoms with Gasteiger partial charge in [-0.3, -0.25) is 4.79 Å². The number of likely N-dealkylation sites (tertiary alicyclic amines) is 1. The lowest BCUT2D eigenvalue weighted by atomic mass is 10.1. The summed E-state index contributed by atoms with van der Waals surface area (Å²) in [6, 6.07) is 7.48. The molecule has 2 aliphatic heterocycles. The molecule has 1 N–H and O–H groups in total. The molecular weight excluding hydrogens is 319 g/mol. The third-order valence-corrected chi connectivity index (χ3v) is 5.24. The molecule has 132 valence electrons. The molecule has 2 unspecified atom stereocenters. The van der Waals surface area contributed by atoms with Gasteiger partial charge in [0.05, 0.1) is 5.69 Å². The molecule has 1 amide bonds. The van der Waals surface area contributed by atoms with Crippen LogP contribution in [-0.2, 0) is 0 Å². The van der Waals surface area contributed by atoms with E-state index in [0.717, 1.165) is 30.8 Å². The molecule has 0 radical (unpaired) electrons. The Bertz CT molecular complexity index is 816. The van der Waals surface area contributed by atoms with Gasteiger partial charge >= 0.3 is 0 Å². The molecule has 1 aromatic carbocycles.